The quantitative estimate of drug-likeness (QED) is 0.471. The summed E-state index contributed by atoms with van der Waals surface area (Å²) in [4.78, 5) is 7.86. The Morgan fingerprint density at radius 2 is 1.19 bits per heavy atom. The van der Waals surface area contributed by atoms with Gasteiger partial charge in [0.25, 0.3) is 0 Å². The third-order valence-corrected chi connectivity index (χ3v) is 2.48. The van der Waals surface area contributed by atoms with E-state index in [-0.39, 0.29) is 17.1 Å². The van der Waals surface area contributed by atoms with Crippen LogP contribution in [0.3, 0.4) is 0 Å². The summed E-state index contributed by atoms with van der Waals surface area (Å²) in [7, 11) is -5.17. The summed E-state index contributed by atoms with van der Waals surface area (Å²) in [6, 6.07) is 7.22. The van der Waals surface area contributed by atoms with E-state index in [2.05, 4.69) is 9.97 Å². The Labute approximate surface area is 133 Å². The maximum absolute atomic E-state index is 10.4. The molecule has 2 aromatic heterocycles. The van der Waals surface area contributed by atoms with E-state index in [4.69, 9.17) is 17.5 Å². The zero-order valence-corrected chi connectivity index (χ0v) is 12.9. The van der Waals surface area contributed by atoms with Crippen molar-refractivity contribution in [2.45, 2.75) is 12.5 Å². The molecule has 0 spiro atoms. The summed E-state index contributed by atoms with van der Waals surface area (Å²) >= 11 is 0. The molecule has 0 bridgehead atoms. The summed E-state index contributed by atoms with van der Waals surface area (Å²) in [5, 5.41) is 10.4. The first-order chi connectivity index (χ1) is 9.21. The Balaban J connectivity index is 0.000000583. The second-order valence-electron chi connectivity index (χ2n) is 3.95. The molecule has 0 aliphatic rings. The van der Waals surface area contributed by atoms with Crippen LogP contribution in [0.4, 0.5) is 0 Å². The van der Waals surface area contributed by atoms with Crippen molar-refractivity contribution in [1.82, 2.24) is 9.97 Å². The number of hydrogen-bond donors (Lipinski definition) is 1. The molecule has 0 fully saturated rings. The third kappa shape index (κ3) is 7.28. The van der Waals surface area contributed by atoms with E-state index in [0.29, 0.717) is 0 Å². The minimum absolute atomic E-state index is 0. The molecule has 0 saturated heterocycles. The standard InChI is InChI=1S/C12H12N2O.Mn.H2O4S/c1-12(15,10-2-6-13-7-3-10)11-4-8-14-9-5-11;;1-5(2,3)4/h2-9,15H,1H3;;(H2,1,2,3,4)/q;+2;/p-2. The van der Waals surface area contributed by atoms with Crippen LogP contribution >= 0.6 is 0 Å². The molecule has 0 aliphatic carbocycles. The molecule has 2 heterocycles. The van der Waals surface area contributed by atoms with Crippen molar-refractivity contribution in [3.63, 3.8) is 0 Å². The molecule has 0 atom stereocenters. The Kier molecular flexibility index (Phi) is 7.65. The van der Waals surface area contributed by atoms with Crippen molar-refractivity contribution in [2.75, 3.05) is 0 Å². The second-order valence-corrected chi connectivity index (χ2v) is 4.77. The predicted molar refractivity (Wildman–Crippen MR) is 67.6 cm³/mol. The van der Waals surface area contributed by atoms with E-state index in [9.17, 15) is 5.11 Å². The van der Waals surface area contributed by atoms with Crippen LogP contribution in [0.1, 0.15) is 18.1 Å². The summed E-state index contributed by atoms with van der Waals surface area (Å²) in [5.41, 5.74) is 0.652. The largest absolute Gasteiger partial charge is 2.00 e. The third-order valence-electron chi connectivity index (χ3n) is 2.48. The Morgan fingerprint density at radius 3 is 1.43 bits per heavy atom. The van der Waals surface area contributed by atoms with Crippen LogP contribution in [0.2, 0.25) is 0 Å². The van der Waals surface area contributed by atoms with E-state index >= 15 is 0 Å². The number of aromatic nitrogens is 2. The van der Waals surface area contributed by atoms with Gasteiger partial charge in [-0.3, -0.25) is 18.4 Å². The molecule has 0 aromatic carbocycles. The molecule has 21 heavy (non-hydrogen) atoms. The fraction of sp³-hybridized carbons (Fsp3) is 0.167. The van der Waals surface area contributed by atoms with Crippen molar-refractivity contribution >= 4 is 10.4 Å². The van der Waals surface area contributed by atoms with Crippen LogP contribution in [-0.4, -0.2) is 32.6 Å². The number of hydrogen-bond acceptors (Lipinski definition) is 7. The summed E-state index contributed by atoms with van der Waals surface area (Å²) in [6.07, 6.45) is 6.69. The molecule has 113 valence electrons. The van der Waals surface area contributed by atoms with Gasteiger partial charge in [-0.2, -0.15) is 0 Å². The van der Waals surface area contributed by atoms with Gasteiger partial charge in [-0.1, -0.05) is 0 Å². The minimum atomic E-state index is -5.17. The van der Waals surface area contributed by atoms with Gasteiger partial charge in [0.15, 0.2) is 0 Å². The second kappa shape index (κ2) is 8.18. The van der Waals surface area contributed by atoms with Crippen LogP contribution in [0, 0.1) is 0 Å². The van der Waals surface area contributed by atoms with E-state index in [0.717, 1.165) is 11.1 Å². The SMILES string of the molecule is CC(O)(c1ccncc1)c1ccncc1.O=S(=O)([O-])[O-].[Mn+2]. The van der Waals surface area contributed by atoms with Gasteiger partial charge >= 0.3 is 17.1 Å². The van der Waals surface area contributed by atoms with Crippen LogP contribution in [0.15, 0.2) is 49.1 Å². The van der Waals surface area contributed by atoms with Gasteiger partial charge in [0.1, 0.15) is 5.60 Å². The fourth-order valence-corrected chi connectivity index (χ4v) is 1.52. The minimum Gasteiger partial charge on any atom is -0.759 e. The fourth-order valence-electron chi connectivity index (χ4n) is 1.52. The smallest absolute Gasteiger partial charge is 0.759 e. The van der Waals surface area contributed by atoms with Gasteiger partial charge in [0.05, 0.1) is 0 Å². The molecule has 0 amide bonds. The Morgan fingerprint density at radius 1 is 0.952 bits per heavy atom. The first-order valence-electron chi connectivity index (χ1n) is 5.41. The van der Waals surface area contributed by atoms with Gasteiger partial charge in [-0.05, 0) is 42.3 Å². The molecular weight excluding hydrogens is 339 g/mol. The van der Waals surface area contributed by atoms with Crippen LogP contribution in [0.5, 0.6) is 0 Å². The van der Waals surface area contributed by atoms with Crippen LogP contribution in [-0.2, 0) is 33.1 Å². The molecule has 2 rings (SSSR count). The van der Waals surface area contributed by atoms with Crippen molar-refractivity contribution in [3.8, 4) is 0 Å². The predicted octanol–water partition coefficient (Wildman–Crippen LogP) is 0.392. The molecule has 0 saturated carbocycles. The molecule has 0 unspecified atom stereocenters. The zero-order chi connectivity index (χ0) is 15.2. The molecule has 1 N–H and O–H groups in total. The summed E-state index contributed by atoms with van der Waals surface area (Å²) in [5.74, 6) is 0. The number of aliphatic hydroxyl groups is 1. The van der Waals surface area contributed by atoms with Gasteiger partial charge in [-0.25, -0.2) is 0 Å². The van der Waals surface area contributed by atoms with E-state index in [1.54, 1.807) is 56.0 Å². The Bertz CT molecular complexity index is 586. The van der Waals surface area contributed by atoms with Crippen molar-refractivity contribution in [3.05, 3.63) is 60.2 Å². The number of rotatable bonds is 2. The molecule has 1 radical (unpaired) electrons. The molecule has 9 heteroatoms. The molecule has 2 aromatic rings. The maximum Gasteiger partial charge on any atom is 2.00 e. The van der Waals surface area contributed by atoms with Gasteiger partial charge in [0.2, 0.25) is 0 Å². The monoisotopic (exact) mass is 351 g/mol. The average Bonchev–Trinajstić information content (AvgIpc) is 2.39. The van der Waals surface area contributed by atoms with Crippen molar-refractivity contribution in [1.29, 1.82) is 0 Å². The average molecular weight is 351 g/mol. The normalized spacial score (nSPS) is 10.9. The van der Waals surface area contributed by atoms with Gasteiger partial charge in [-0.15, -0.1) is 0 Å². The molecular formula is C12H12MnN2O5S. The number of pyridine rings is 2. The van der Waals surface area contributed by atoms with Gasteiger partial charge in [0, 0.05) is 35.2 Å². The first kappa shape index (κ1) is 19.6. The molecule has 7 nitrogen and oxygen atoms in total. The van der Waals surface area contributed by atoms with E-state index in [1.165, 1.54) is 0 Å². The van der Waals surface area contributed by atoms with Crippen LogP contribution in [0.25, 0.3) is 0 Å². The topological polar surface area (TPSA) is 126 Å². The first-order valence-corrected chi connectivity index (χ1v) is 6.74. The van der Waals surface area contributed by atoms with Crippen molar-refractivity contribution in [2.24, 2.45) is 0 Å². The maximum atomic E-state index is 10.4. The Hall–Kier alpha value is -1.35. The summed E-state index contributed by atoms with van der Waals surface area (Å²) in [6.45, 7) is 1.76. The molecule has 0 aliphatic heterocycles. The summed E-state index contributed by atoms with van der Waals surface area (Å²) < 4.78 is 34.1. The van der Waals surface area contributed by atoms with Crippen molar-refractivity contribution < 1.29 is 39.7 Å². The zero-order valence-electron chi connectivity index (χ0n) is 10.9. The number of nitrogens with zero attached hydrogens (tertiary/aromatic N) is 2. The van der Waals surface area contributed by atoms with Gasteiger partial charge < -0.3 is 14.2 Å². The van der Waals surface area contributed by atoms with E-state index in [1.807, 2.05) is 0 Å². The van der Waals surface area contributed by atoms with E-state index < -0.39 is 16.0 Å². The van der Waals surface area contributed by atoms with Crippen LogP contribution < -0.4 is 0 Å².